The van der Waals surface area contributed by atoms with E-state index in [4.69, 9.17) is 0 Å². The summed E-state index contributed by atoms with van der Waals surface area (Å²) in [5, 5.41) is 7.49. The third-order valence-electron chi connectivity index (χ3n) is 5.01. The Morgan fingerprint density at radius 3 is 2.71 bits per heavy atom. The fourth-order valence-corrected chi connectivity index (χ4v) is 3.64. The van der Waals surface area contributed by atoms with Gasteiger partial charge in [-0.25, -0.2) is 0 Å². The topological polar surface area (TPSA) is 24.1 Å². The van der Waals surface area contributed by atoms with Gasteiger partial charge in [-0.05, 0) is 51.0 Å². The fraction of sp³-hybridized carbons (Fsp3) is 1.00. The molecule has 5 atom stereocenters. The van der Waals surface area contributed by atoms with Gasteiger partial charge in [0, 0.05) is 18.1 Å². The monoisotopic (exact) mass is 238 g/mol. The van der Waals surface area contributed by atoms with Crippen LogP contribution in [0.2, 0.25) is 0 Å². The molecule has 1 saturated carbocycles. The first-order valence-corrected chi connectivity index (χ1v) is 7.66. The molecule has 0 aromatic rings. The van der Waals surface area contributed by atoms with Gasteiger partial charge in [0.2, 0.25) is 0 Å². The van der Waals surface area contributed by atoms with Crippen molar-refractivity contribution in [1.82, 2.24) is 10.6 Å². The van der Waals surface area contributed by atoms with Gasteiger partial charge in [-0.1, -0.05) is 26.7 Å². The summed E-state index contributed by atoms with van der Waals surface area (Å²) in [6.07, 6.45) is 8.28. The molecule has 0 spiro atoms. The van der Waals surface area contributed by atoms with E-state index in [9.17, 15) is 0 Å². The van der Waals surface area contributed by atoms with Crippen LogP contribution in [0.25, 0.3) is 0 Å². The van der Waals surface area contributed by atoms with E-state index in [0.717, 1.165) is 23.9 Å². The lowest BCUT2D eigenvalue weighted by Crippen LogP contribution is -2.46. The lowest BCUT2D eigenvalue weighted by Gasteiger charge is -2.37. The molecule has 2 fully saturated rings. The maximum Gasteiger partial charge on any atom is 0.00977 e. The van der Waals surface area contributed by atoms with Gasteiger partial charge in [0.05, 0.1) is 0 Å². The second-order valence-electron chi connectivity index (χ2n) is 6.47. The molecule has 0 amide bonds. The summed E-state index contributed by atoms with van der Waals surface area (Å²) in [7, 11) is 0. The van der Waals surface area contributed by atoms with E-state index in [2.05, 4.69) is 31.4 Å². The van der Waals surface area contributed by atoms with E-state index in [1.54, 1.807) is 0 Å². The number of rotatable bonds is 4. The molecule has 17 heavy (non-hydrogen) atoms. The Labute approximate surface area is 107 Å². The zero-order valence-electron chi connectivity index (χ0n) is 11.8. The Bertz CT molecular complexity index is 223. The quantitative estimate of drug-likeness (QED) is 0.787. The van der Waals surface area contributed by atoms with Crippen molar-refractivity contribution in [2.24, 2.45) is 11.8 Å². The van der Waals surface area contributed by atoms with Crippen molar-refractivity contribution < 1.29 is 0 Å². The molecule has 0 aromatic carbocycles. The van der Waals surface area contributed by atoms with Crippen LogP contribution < -0.4 is 10.6 Å². The first-order valence-electron chi connectivity index (χ1n) is 7.66. The van der Waals surface area contributed by atoms with Gasteiger partial charge >= 0.3 is 0 Å². The molecule has 0 aromatic heterocycles. The van der Waals surface area contributed by atoms with Crippen molar-refractivity contribution in [2.45, 2.75) is 77.4 Å². The summed E-state index contributed by atoms with van der Waals surface area (Å²) in [5.41, 5.74) is 0. The molecule has 1 heterocycles. The number of hydrogen-bond acceptors (Lipinski definition) is 2. The molecule has 0 bridgehead atoms. The minimum atomic E-state index is 0.670. The van der Waals surface area contributed by atoms with Crippen LogP contribution in [0.1, 0.15) is 59.3 Å². The minimum absolute atomic E-state index is 0.670. The van der Waals surface area contributed by atoms with Crippen LogP contribution in [0, 0.1) is 11.8 Å². The molecular formula is C15H30N2. The number of nitrogens with one attached hydrogen (secondary N) is 2. The van der Waals surface area contributed by atoms with Crippen molar-refractivity contribution >= 4 is 0 Å². The van der Waals surface area contributed by atoms with Crippen LogP contribution >= 0.6 is 0 Å². The third kappa shape index (κ3) is 3.69. The second kappa shape index (κ2) is 6.19. The zero-order chi connectivity index (χ0) is 12.3. The standard InChI is InChI=1S/C15H30N2/c1-11-6-4-8-15(13(11)3)17-12(2)10-14-7-5-9-16-14/h11-17H,4-10H2,1-3H3. The molecule has 1 aliphatic heterocycles. The van der Waals surface area contributed by atoms with Crippen molar-refractivity contribution in [2.75, 3.05) is 6.54 Å². The van der Waals surface area contributed by atoms with Crippen LogP contribution in [0.3, 0.4) is 0 Å². The van der Waals surface area contributed by atoms with Gasteiger partial charge in [0.25, 0.3) is 0 Å². The van der Waals surface area contributed by atoms with Crippen molar-refractivity contribution in [3.8, 4) is 0 Å². The lowest BCUT2D eigenvalue weighted by molar-refractivity contribution is 0.191. The Kier molecular flexibility index (Phi) is 4.87. The van der Waals surface area contributed by atoms with Gasteiger partial charge in [0.1, 0.15) is 0 Å². The Hall–Kier alpha value is -0.0800. The van der Waals surface area contributed by atoms with Gasteiger partial charge in [-0.3, -0.25) is 0 Å². The lowest BCUT2D eigenvalue weighted by atomic mass is 9.77. The summed E-state index contributed by atoms with van der Waals surface area (Å²) >= 11 is 0. The van der Waals surface area contributed by atoms with Crippen molar-refractivity contribution in [1.29, 1.82) is 0 Å². The average molecular weight is 238 g/mol. The maximum absolute atomic E-state index is 3.89. The fourth-order valence-electron chi connectivity index (χ4n) is 3.64. The smallest absolute Gasteiger partial charge is 0.00977 e. The molecule has 2 rings (SSSR count). The van der Waals surface area contributed by atoms with Gasteiger partial charge in [-0.15, -0.1) is 0 Å². The Balaban J connectivity index is 1.74. The SMILES string of the molecule is CC(CC1CCCN1)NC1CCCC(C)C1C. The average Bonchev–Trinajstić information content (AvgIpc) is 2.77. The highest BCUT2D eigenvalue weighted by Crippen LogP contribution is 2.30. The molecule has 100 valence electrons. The highest BCUT2D eigenvalue weighted by Gasteiger charge is 2.28. The summed E-state index contributed by atoms with van der Waals surface area (Å²) in [4.78, 5) is 0. The molecule has 0 radical (unpaired) electrons. The van der Waals surface area contributed by atoms with Gasteiger partial charge in [0.15, 0.2) is 0 Å². The summed E-state index contributed by atoms with van der Waals surface area (Å²) in [5.74, 6) is 1.75. The normalized spacial score (nSPS) is 40.4. The molecular weight excluding hydrogens is 208 g/mol. The van der Waals surface area contributed by atoms with E-state index in [0.29, 0.717) is 6.04 Å². The van der Waals surface area contributed by atoms with Crippen LogP contribution in [-0.4, -0.2) is 24.7 Å². The molecule has 2 heteroatoms. The maximum atomic E-state index is 3.89. The van der Waals surface area contributed by atoms with Crippen LogP contribution in [0.4, 0.5) is 0 Å². The predicted molar refractivity (Wildman–Crippen MR) is 74.2 cm³/mol. The van der Waals surface area contributed by atoms with Crippen LogP contribution in [0.5, 0.6) is 0 Å². The molecule has 5 unspecified atom stereocenters. The van der Waals surface area contributed by atoms with E-state index >= 15 is 0 Å². The minimum Gasteiger partial charge on any atom is -0.314 e. The van der Waals surface area contributed by atoms with E-state index < -0.39 is 0 Å². The van der Waals surface area contributed by atoms with Crippen LogP contribution in [0.15, 0.2) is 0 Å². The van der Waals surface area contributed by atoms with E-state index in [1.165, 1.54) is 45.1 Å². The third-order valence-corrected chi connectivity index (χ3v) is 5.01. The highest BCUT2D eigenvalue weighted by molar-refractivity contribution is 4.86. The zero-order valence-corrected chi connectivity index (χ0v) is 11.8. The van der Waals surface area contributed by atoms with Crippen molar-refractivity contribution in [3.63, 3.8) is 0 Å². The molecule has 2 nitrogen and oxygen atoms in total. The molecule has 2 aliphatic rings. The van der Waals surface area contributed by atoms with E-state index in [-0.39, 0.29) is 0 Å². The van der Waals surface area contributed by atoms with E-state index in [1.807, 2.05) is 0 Å². The molecule has 2 N–H and O–H groups in total. The summed E-state index contributed by atoms with van der Waals surface area (Å²) < 4.78 is 0. The molecule has 1 saturated heterocycles. The summed E-state index contributed by atoms with van der Waals surface area (Å²) in [6, 6.07) is 2.20. The van der Waals surface area contributed by atoms with Crippen molar-refractivity contribution in [3.05, 3.63) is 0 Å². The number of hydrogen-bond donors (Lipinski definition) is 2. The van der Waals surface area contributed by atoms with Gasteiger partial charge < -0.3 is 10.6 Å². The first kappa shape index (κ1) is 13.4. The van der Waals surface area contributed by atoms with Crippen LogP contribution in [-0.2, 0) is 0 Å². The Morgan fingerprint density at radius 1 is 1.18 bits per heavy atom. The predicted octanol–water partition coefficient (Wildman–Crippen LogP) is 2.93. The highest BCUT2D eigenvalue weighted by atomic mass is 15.0. The largest absolute Gasteiger partial charge is 0.314 e. The first-order chi connectivity index (χ1) is 8.16. The second-order valence-corrected chi connectivity index (χ2v) is 6.47. The Morgan fingerprint density at radius 2 is 2.00 bits per heavy atom. The van der Waals surface area contributed by atoms with Gasteiger partial charge in [-0.2, -0.15) is 0 Å². The summed E-state index contributed by atoms with van der Waals surface area (Å²) in [6.45, 7) is 8.45. The molecule has 1 aliphatic carbocycles.